The Morgan fingerprint density at radius 3 is 2.33 bits per heavy atom. The van der Waals surface area contributed by atoms with Crippen molar-refractivity contribution in [1.82, 2.24) is 19.8 Å². The summed E-state index contributed by atoms with van der Waals surface area (Å²) in [5.41, 5.74) is 4.57. The predicted molar refractivity (Wildman–Crippen MR) is 123 cm³/mol. The van der Waals surface area contributed by atoms with E-state index in [1.165, 1.54) is 11.1 Å². The molecule has 0 saturated carbocycles. The van der Waals surface area contributed by atoms with E-state index in [-0.39, 0.29) is 12.1 Å². The smallest absolute Gasteiger partial charge is 0.170 e. The zero-order chi connectivity index (χ0) is 20.3. The SMILES string of the molecule is S=C1N[C@H](c2ccccn2)[C@H](c2ccn(-c3ccccc3)c2)N1Cc1ccccc1. The van der Waals surface area contributed by atoms with E-state index >= 15 is 0 Å². The fourth-order valence-electron chi connectivity index (χ4n) is 4.07. The minimum absolute atomic E-state index is 0.00552. The van der Waals surface area contributed by atoms with Crippen LogP contribution in [0, 0.1) is 0 Å². The summed E-state index contributed by atoms with van der Waals surface area (Å²) >= 11 is 5.77. The molecule has 5 heteroatoms. The summed E-state index contributed by atoms with van der Waals surface area (Å²) in [7, 11) is 0. The number of rotatable bonds is 5. The molecule has 1 N–H and O–H groups in total. The molecule has 1 saturated heterocycles. The highest BCUT2D eigenvalue weighted by Crippen LogP contribution is 2.39. The second-order valence-corrected chi connectivity index (χ2v) is 7.81. The Hall–Kier alpha value is -3.44. The fraction of sp³-hybridized carbons (Fsp3) is 0.120. The van der Waals surface area contributed by atoms with Crippen molar-refractivity contribution >= 4 is 17.3 Å². The molecule has 0 aliphatic carbocycles. The molecule has 1 aliphatic rings. The first-order valence-electron chi connectivity index (χ1n) is 10.0. The molecular formula is C25H22N4S. The zero-order valence-electron chi connectivity index (χ0n) is 16.4. The first kappa shape index (κ1) is 18.6. The van der Waals surface area contributed by atoms with Crippen molar-refractivity contribution in [1.29, 1.82) is 0 Å². The van der Waals surface area contributed by atoms with Crippen molar-refractivity contribution in [2.75, 3.05) is 0 Å². The largest absolute Gasteiger partial charge is 0.352 e. The van der Waals surface area contributed by atoms with Crippen LogP contribution in [0.3, 0.4) is 0 Å². The molecule has 0 amide bonds. The highest BCUT2D eigenvalue weighted by molar-refractivity contribution is 7.80. The third kappa shape index (κ3) is 3.60. The average molecular weight is 411 g/mol. The van der Waals surface area contributed by atoms with Crippen LogP contribution in [0.2, 0.25) is 0 Å². The van der Waals surface area contributed by atoms with Crippen LogP contribution in [-0.2, 0) is 6.54 Å². The molecule has 0 unspecified atom stereocenters. The van der Waals surface area contributed by atoms with Crippen LogP contribution in [0.25, 0.3) is 5.69 Å². The second-order valence-electron chi connectivity index (χ2n) is 7.43. The lowest BCUT2D eigenvalue weighted by Crippen LogP contribution is -2.29. The fourth-order valence-corrected chi connectivity index (χ4v) is 4.37. The van der Waals surface area contributed by atoms with E-state index < -0.39 is 0 Å². The Bertz CT molecular complexity index is 1130. The molecule has 0 radical (unpaired) electrons. The lowest BCUT2D eigenvalue weighted by Gasteiger charge is -2.27. The molecule has 30 heavy (non-hydrogen) atoms. The van der Waals surface area contributed by atoms with Gasteiger partial charge < -0.3 is 14.8 Å². The van der Waals surface area contributed by atoms with E-state index in [9.17, 15) is 0 Å². The van der Waals surface area contributed by atoms with Gasteiger partial charge in [-0.1, -0.05) is 54.6 Å². The molecular weight excluding hydrogens is 388 g/mol. The lowest BCUT2D eigenvalue weighted by atomic mass is 9.98. The maximum Gasteiger partial charge on any atom is 0.170 e. The summed E-state index contributed by atoms with van der Waals surface area (Å²) in [4.78, 5) is 6.89. The van der Waals surface area contributed by atoms with Gasteiger partial charge in [-0.25, -0.2) is 0 Å². The Balaban J connectivity index is 1.54. The molecule has 148 valence electrons. The molecule has 1 fully saturated rings. The molecule has 2 aromatic heterocycles. The molecule has 3 heterocycles. The first-order chi connectivity index (χ1) is 14.8. The van der Waals surface area contributed by atoms with Crippen LogP contribution in [0.15, 0.2) is 104 Å². The number of hydrogen-bond acceptors (Lipinski definition) is 2. The summed E-state index contributed by atoms with van der Waals surface area (Å²) in [6.07, 6.45) is 6.15. The molecule has 0 bridgehead atoms. The predicted octanol–water partition coefficient (Wildman–Crippen LogP) is 5.05. The standard InChI is InChI=1S/C25H22N4S/c30-25-27-23(22-13-7-8-15-26-22)24(29(25)17-19-9-3-1-4-10-19)20-14-16-28(18-20)21-11-5-2-6-12-21/h1-16,18,23-24H,17H2,(H,27,30)/t23-,24+/m1/s1. The minimum atomic E-state index is -0.00552. The van der Waals surface area contributed by atoms with Crippen LogP contribution in [-0.4, -0.2) is 19.6 Å². The number of nitrogens with zero attached hydrogens (tertiary/aromatic N) is 3. The van der Waals surface area contributed by atoms with Crippen LogP contribution in [0.1, 0.15) is 28.9 Å². The Labute approximate surface area is 181 Å². The van der Waals surface area contributed by atoms with Gasteiger partial charge in [-0.2, -0.15) is 0 Å². The number of para-hydroxylation sites is 1. The van der Waals surface area contributed by atoms with Crippen LogP contribution >= 0.6 is 12.2 Å². The van der Waals surface area contributed by atoms with Gasteiger partial charge in [0.05, 0.1) is 17.8 Å². The summed E-state index contributed by atoms with van der Waals surface area (Å²) in [5.74, 6) is 0. The number of thiocarbonyl (C=S) groups is 1. The van der Waals surface area contributed by atoms with Crippen molar-refractivity contribution in [3.63, 3.8) is 0 Å². The highest BCUT2D eigenvalue weighted by atomic mass is 32.1. The van der Waals surface area contributed by atoms with E-state index in [1.54, 1.807) is 0 Å². The summed E-state index contributed by atoms with van der Waals surface area (Å²) in [5, 5.41) is 4.28. The van der Waals surface area contributed by atoms with Crippen LogP contribution in [0.4, 0.5) is 0 Å². The topological polar surface area (TPSA) is 33.1 Å². The summed E-state index contributed by atoms with van der Waals surface area (Å²) in [6.45, 7) is 0.747. The van der Waals surface area contributed by atoms with Crippen LogP contribution in [0.5, 0.6) is 0 Å². The molecule has 4 aromatic rings. The van der Waals surface area contributed by atoms with Gasteiger partial charge in [0.2, 0.25) is 0 Å². The second kappa shape index (κ2) is 8.13. The van der Waals surface area contributed by atoms with E-state index in [1.807, 2.05) is 30.5 Å². The van der Waals surface area contributed by atoms with E-state index in [0.29, 0.717) is 0 Å². The van der Waals surface area contributed by atoms with Gasteiger partial charge >= 0.3 is 0 Å². The summed E-state index contributed by atoms with van der Waals surface area (Å²) in [6, 6.07) is 29.1. The lowest BCUT2D eigenvalue weighted by molar-refractivity contribution is 0.311. The third-order valence-corrected chi connectivity index (χ3v) is 5.86. The molecule has 5 rings (SSSR count). The van der Waals surface area contributed by atoms with Gasteiger partial charge in [-0.05, 0) is 53.7 Å². The molecule has 2 atom stereocenters. The van der Waals surface area contributed by atoms with Crippen molar-refractivity contribution in [3.05, 3.63) is 120 Å². The van der Waals surface area contributed by atoms with Crippen molar-refractivity contribution in [2.24, 2.45) is 0 Å². The maximum atomic E-state index is 5.77. The van der Waals surface area contributed by atoms with Crippen LogP contribution < -0.4 is 5.32 Å². The van der Waals surface area contributed by atoms with Crippen molar-refractivity contribution in [3.8, 4) is 5.69 Å². The van der Waals surface area contributed by atoms with Gasteiger partial charge in [0.1, 0.15) is 0 Å². The van der Waals surface area contributed by atoms with Gasteiger partial charge in [0.25, 0.3) is 0 Å². The van der Waals surface area contributed by atoms with E-state index in [2.05, 4.69) is 92.8 Å². The molecule has 2 aromatic carbocycles. The summed E-state index contributed by atoms with van der Waals surface area (Å²) < 4.78 is 2.16. The van der Waals surface area contributed by atoms with E-state index in [4.69, 9.17) is 12.2 Å². The Morgan fingerprint density at radius 2 is 1.60 bits per heavy atom. The number of benzene rings is 2. The molecule has 4 nitrogen and oxygen atoms in total. The van der Waals surface area contributed by atoms with Gasteiger partial charge in [0, 0.05) is 30.8 Å². The number of nitrogens with one attached hydrogen (secondary N) is 1. The van der Waals surface area contributed by atoms with Crippen molar-refractivity contribution < 1.29 is 0 Å². The monoisotopic (exact) mass is 410 g/mol. The number of pyridine rings is 1. The molecule has 0 spiro atoms. The van der Waals surface area contributed by atoms with Gasteiger partial charge in [-0.3, -0.25) is 4.98 Å². The highest BCUT2D eigenvalue weighted by Gasteiger charge is 2.40. The first-order valence-corrected chi connectivity index (χ1v) is 10.5. The molecule has 1 aliphatic heterocycles. The number of aromatic nitrogens is 2. The minimum Gasteiger partial charge on any atom is -0.352 e. The maximum absolute atomic E-state index is 5.77. The Kier molecular flexibility index (Phi) is 5.03. The normalized spacial score (nSPS) is 18.4. The zero-order valence-corrected chi connectivity index (χ0v) is 17.2. The quantitative estimate of drug-likeness (QED) is 0.467. The average Bonchev–Trinajstić information content (AvgIpc) is 3.41. The van der Waals surface area contributed by atoms with Gasteiger partial charge in [0.15, 0.2) is 5.11 Å². The third-order valence-electron chi connectivity index (χ3n) is 5.51. The van der Waals surface area contributed by atoms with Crippen molar-refractivity contribution in [2.45, 2.75) is 18.6 Å². The van der Waals surface area contributed by atoms with Gasteiger partial charge in [-0.15, -0.1) is 0 Å². The number of hydrogen-bond donors (Lipinski definition) is 1. The van der Waals surface area contributed by atoms with E-state index in [0.717, 1.165) is 23.0 Å². The Morgan fingerprint density at radius 1 is 0.867 bits per heavy atom.